The first-order chi connectivity index (χ1) is 15.7. The Morgan fingerprint density at radius 3 is 2.42 bits per heavy atom. The predicted octanol–water partition coefficient (Wildman–Crippen LogP) is 4.18. The van der Waals surface area contributed by atoms with Gasteiger partial charge in [-0.1, -0.05) is 36.4 Å². The van der Waals surface area contributed by atoms with Crippen LogP contribution >= 0.6 is 0 Å². The van der Waals surface area contributed by atoms with Crippen LogP contribution in [-0.2, 0) is 15.1 Å². The number of ether oxygens (including phenoxy) is 1. The van der Waals surface area contributed by atoms with Gasteiger partial charge in [0.25, 0.3) is 11.5 Å². The molecule has 0 saturated carbocycles. The number of amides is 1. The fourth-order valence-corrected chi connectivity index (χ4v) is 5.66. The highest BCUT2D eigenvalue weighted by Crippen LogP contribution is 2.50. The first kappa shape index (κ1) is 23.7. The summed E-state index contributed by atoms with van der Waals surface area (Å²) in [6.07, 6.45) is -0.910. The number of benzene rings is 1. The molecule has 2 saturated heterocycles. The maximum atomic E-state index is 14.4. The van der Waals surface area contributed by atoms with Crippen LogP contribution in [0.5, 0.6) is 0 Å². The number of methoxy groups -OCH3 is 1. The van der Waals surface area contributed by atoms with Crippen LogP contribution in [0.15, 0.2) is 48.7 Å². The minimum atomic E-state index is -4.89. The summed E-state index contributed by atoms with van der Waals surface area (Å²) in [5.41, 5.74) is -1.13. The number of rotatable bonds is 4. The van der Waals surface area contributed by atoms with Gasteiger partial charge >= 0.3 is 6.18 Å². The zero-order valence-corrected chi connectivity index (χ0v) is 19.0. The Labute approximate surface area is 192 Å². The molecule has 2 atom stereocenters. The lowest BCUT2D eigenvalue weighted by molar-refractivity contribution is -0.271. The molecule has 178 valence electrons. The van der Waals surface area contributed by atoms with Crippen molar-refractivity contribution in [2.45, 2.75) is 43.9 Å². The van der Waals surface area contributed by atoms with Gasteiger partial charge in [-0.2, -0.15) is 13.2 Å². The number of carbonyl (C=O) groups excluding carboxylic acids is 1. The summed E-state index contributed by atoms with van der Waals surface area (Å²) in [4.78, 5) is 19.2. The van der Waals surface area contributed by atoms with Crippen LogP contribution in [0.3, 0.4) is 0 Å². The SMILES string of the molecule is CO[C@@](C(=O)N1CCC2(CCNCC2c2cccnc2C)CC1)(c1ccccc1)C(F)(F)F. The second kappa shape index (κ2) is 9.06. The highest BCUT2D eigenvalue weighted by atomic mass is 19.4. The third-order valence-corrected chi connectivity index (χ3v) is 7.54. The molecular formula is C25H30F3N3O2. The second-order valence-corrected chi connectivity index (χ2v) is 9.09. The largest absolute Gasteiger partial charge is 0.430 e. The monoisotopic (exact) mass is 461 g/mol. The fourth-order valence-electron chi connectivity index (χ4n) is 5.66. The molecule has 2 aliphatic heterocycles. The third kappa shape index (κ3) is 4.04. The Kier molecular flexibility index (Phi) is 6.51. The second-order valence-electron chi connectivity index (χ2n) is 9.09. The molecule has 4 rings (SSSR count). The third-order valence-electron chi connectivity index (χ3n) is 7.54. The number of carbonyl (C=O) groups is 1. The van der Waals surface area contributed by atoms with Crippen LogP contribution in [0, 0.1) is 12.3 Å². The number of hydrogen-bond acceptors (Lipinski definition) is 4. The van der Waals surface area contributed by atoms with Crippen LogP contribution in [0.1, 0.15) is 42.0 Å². The summed E-state index contributed by atoms with van der Waals surface area (Å²) in [5, 5.41) is 3.46. The summed E-state index contributed by atoms with van der Waals surface area (Å²) in [5.74, 6) is -0.831. The molecule has 5 nitrogen and oxygen atoms in total. The maximum Gasteiger partial charge on any atom is 0.430 e. The van der Waals surface area contributed by atoms with Crippen LogP contribution in [0.2, 0.25) is 0 Å². The molecule has 2 aliphatic rings. The average Bonchev–Trinajstić information content (AvgIpc) is 2.81. The van der Waals surface area contributed by atoms with Crippen molar-refractivity contribution in [2.24, 2.45) is 5.41 Å². The molecule has 1 amide bonds. The summed E-state index contributed by atoms with van der Waals surface area (Å²) in [7, 11) is 0.956. The van der Waals surface area contributed by atoms with Crippen molar-refractivity contribution in [1.29, 1.82) is 0 Å². The van der Waals surface area contributed by atoms with Crippen molar-refractivity contribution in [3.05, 3.63) is 65.5 Å². The molecule has 8 heteroatoms. The number of nitrogens with zero attached hydrogens (tertiary/aromatic N) is 2. The van der Waals surface area contributed by atoms with Crippen molar-refractivity contribution >= 4 is 5.91 Å². The van der Waals surface area contributed by atoms with E-state index in [9.17, 15) is 18.0 Å². The van der Waals surface area contributed by atoms with E-state index >= 15 is 0 Å². The Bertz CT molecular complexity index is 974. The highest BCUT2D eigenvalue weighted by molar-refractivity contribution is 5.88. The molecule has 0 radical (unpaired) electrons. The molecular weight excluding hydrogens is 431 g/mol. The number of piperidine rings is 2. The van der Waals surface area contributed by atoms with Crippen LogP contribution < -0.4 is 5.32 Å². The molecule has 3 heterocycles. The standard InChI is InChI=1S/C25H30F3N3O2/c1-18-20(9-6-13-30-18)21-17-29-14-10-23(21)11-15-31(16-12-23)22(32)24(33-2,25(26,27)28)19-7-4-3-5-8-19/h3-9,13,21,29H,10-12,14-17H2,1-2H3/t21?,24-/m1/s1. The van der Waals surface area contributed by atoms with Crippen molar-refractivity contribution in [1.82, 2.24) is 15.2 Å². The van der Waals surface area contributed by atoms with E-state index in [1.165, 1.54) is 34.7 Å². The van der Waals surface area contributed by atoms with Crippen molar-refractivity contribution in [3.8, 4) is 0 Å². The summed E-state index contributed by atoms with van der Waals surface area (Å²) in [6, 6.07) is 11.2. The van der Waals surface area contributed by atoms with Crippen LogP contribution in [0.4, 0.5) is 13.2 Å². The minimum absolute atomic E-state index is 0.0729. The van der Waals surface area contributed by atoms with Crippen LogP contribution in [-0.4, -0.2) is 55.3 Å². The van der Waals surface area contributed by atoms with Crippen molar-refractivity contribution in [2.75, 3.05) is 33.3 Å². The molecule has 0 aliphatic carbocycles. The molecule has 2 aromatic rings. The number of pyridine rings is 1. The number of likely N-dealkylation sites (tertiary alicyclic amines) is 1. The van der Waals surface area contributed by atoms with E-state index < -0.39 is 17.7 Å². The van der Waals surface area contributed by atoms with E-state index in [2.05, 4.69) is 16.4 Å². The van der Waals surface area contributed by atoms with E-state index in [-0.39, 0.29) is 30.0 Å². The molecule has 0 bridgehead atoms. The number of hydrogen-bond donors (Lipinski definition) is 1. The predicted molar refractivity (Wildman–Crippen MR) is 119 cm³/mol. The van der Waals surface area contributed by atoms with Gasteiger partial charge in [0.05, 0.1) is 0 Å². The summed E-state index contributed by atoms with van der Waals surface area (Å²) >= 11 is 0. The molecule has 1 unspecified atom stereocenters. The van der Waals surface area contributed by atoms with Crippen molar-refractivity contribution < 1.29 is 22.7 Å². The van der Waals surface area contributed by atoms with Gasteiger partial charge in [-0.15, -0.1) is 0 Å². The van der Waals surface area contributed by atoms with Gasteiger partial charge in [-0.3, -0.25) is 9.78 Å². The zero-order chi connectivity index (χ0) is 23.7. The molecule has 1 aromatic heterocycles. The number of alkyl halides is 3. The fraction of sp³-hybridized carbons (Fsp3) is 0.520. The number of nitrogens with one attached hydrogen (secondary N) is 1. The first-order valence-corrected chi connectivity index (χ1v) is 11.3. The van der Waals surface area contributed by atoms with E-state index in [1.807, 2.05) is 13.0 Å². The smallest absolute Gasteiger partial charge is 0.356 e. The first-order valence-electron chi connectivity index (χ1n) is 11.3. The van der Waals surface area contributed by atoms with Gasteiger partial charge in [0, 0.05) is 50.1 Å². The lowest BCUT2D eigenvalue weighted by Crippen LogP contribution is -2.59. The quantitative estimate of drug-likeness (QED) is 0.742. The van der Waals surface area contributed by atoms with Crippen molar-refractivity contribution in [3.63, 3.8) is 0 Å². The molecule has 1 spiro atoms. The lowest BCUT2D eigenvalue weighted by Gasteiger charge is -2.51. The number of aromatic nitrogens is 1. The molecule has 1 aromatic carbocycles. The zero-order valence-electron chi connectivity index (χ0n) is 19.0. The van der Waals surface area contributed by atoms with E-state index in [0.717, 1.165) is 32.3 Å². The molecule has 2 fully saturated rings. The molecule has 1 N–H and O–H groups in total. The Morgan fingerprint density at radius 1 is 1.12 bits per heavy atom. The minimum Gasteiger partial charge on any atom is -0.356 e. The Morgan fingerprint density at radius 2 is 1.82 bits per heavy atom. The summed E-state index contributed by atoms with van der Waals surface area (Å²) < 4.78 is 48.1. The highest BCUT2D eigenvalue weighted by Gasteiger charge is 2.64. The lowest BCUT2D eigenvalue weighted by atomic mass is 9.62. The maximum absolute atomic E-state index is 14.4. The number of aryl methyl sites for hydroxylation is 1. The van der Waals surface area contributed by atoms with E-state index in [4.69, 9.17) is 4.74 Å². The van der Waals surface area contributed by atoms with Crippen LogP contribution in [0.25, 0.3) is 0 Å². The average molecular weight is 462 g/mol. The topological polar surface area (TPSA) is 54.5 Å². The van der Waals surface area contributed by atoms with Gasteiger partial charge in [-0.05, 0) is 49.8 Å². The molecule has 33 heavy (non-hydrogen) atoms. The van der Waals surface area contributed by atoms with E-state index in [0.29, 0.717) is 12.8 Å². The Hall–Kier alpha value is -2.45. The van der Waals surface area contributed by atoms with Gasteiger partial charge in [0.1, 0.15) is 0 Å². The van der Waals surface area contributed by atoms with Gasteiger partial charge in [0.2, 0.25) is 0 Å². The Balaban J connectivity index is 1.61. The van der Waals surface area contributed by atoms with Gasteiger partial charge < -0.3 is 15.0 Å². The van der Waals surface area contributed by atoms with E-state index in [1.54, 1.807) is 12.3 Å². The number of halogens is 3. The summed E-state index contributed by atoms with van der Waals surface area (Å²) in [6.45, 7) is 4.19. The van der Waals surface area contributed by atoms with Gasteiger partial charge in [-0.25, -0.2) is 0 Å². The van der Waals surface area contributed by atoms with Gasteiger partial charge in [0.15, 0.2) is 0 Å². The normalized spacial score (nSPS) is 22.7.